The Bertz CT molecular complexity index is 399. The number of aryl methyl sites for hydroxylation is 1. The molecular weight excluding hydrogens is 212 g/mol. The fraction of sp³-hybridized carbons (Fsp3) is 0.692. The lowest BCUT2D eigenvalue weighted by atomic mass is 10.2. The molecule has 1 fully saturated rings. The van der Waals surface area contributed by atoms with Crippen molar-refractivity contribution in [2.24, 2.45) is 5.92 Å². The van der Waals surface area contributed by atoms with Gasteiger partial charge in [-0.3, -0.25) is 0 Å². The quantitative estimate of drug-likeness (QED) is 0.849. The maximum absolute atomic E-state index is 5.92. The fourth-order valence-electron chi connectivity index (χ4n) is 2.11. The molecular formula is C13H22N4. The summed E-state index contributed by atoms with van der Waals surface area (Å²) in [5.74, 6) is 3.27. The van der Waals surface area contributed by atoms with Crippen LogP contribution in [0.4, 0.5) is 11.6 Å². The maximum Gasteiger partial charge on any atom is 0.137 e. The van der Waals surface area contributed by atoms with Gasteiger partial charge >= 0.3 is 0 Å². The van der Waals surface area contributed by atoms with Crippen LogP contribution in [0.1, 0.15) is 37.6 Å². The van der Waals surface area contributed by atoms with Crippen molar-refractivity contribution in [2.45, 2.75) is 40.0 Å². The molecule has 4 heteroatoms. The van der Waals surface area contributed by atoms with Gasteiger partial charge in [-0.05, 0) is 39.0 Å². The van der Waals surface area contributed by atoms with E-state index in [2.05, 4.69) is 21.8 Å². The van der Waals surface area contributed by atoms with E-state index in [1.807, 2.05) is 13.8 Å². The molecule has 1 heterocycles. The van der Waals surface area contributed by atoms with E-state index in [4.69, 9.17) is 5.73 Å². The summed E-state index contributed by atoms with van der Waals surface area (Å²) < 4.78 is 0. The van der Waals surface area contributed by atoms with Crippen LogP contribution in [0.2, 0.25) is 0 Å². The van der Waals surface area contributed by atoms with Crippen molar-refractivity contribution in [1.82, 2.24) is 9.97 Å². The Kier molecular flexibility index (Phi) is 3.50. The molecule has 2 rings (SSSR count). The first kappa shape index (κ1) is 12.1. The smallest absolute Gasteiger partial charge is 0.137 e. The Morgan fingerprint density at radius 1 is 1.29 bits per heavy atom. The molecule has 1 aromatic rings. The summed E-state index contributed by atoms with van der Waals surface area (Å²) in [6.45, 7) is 8.28. The largest absolute Gasteiger partial charge is 0.383 e. The fourth-order valence-corrected chi connectivity index (χ4v) is 2.11. The summed E-state index contributed by atoms with van der Waals surface area (Å²) >= 11 is 0. The minimum absolute atomic E-state index is 0.615. The number of hydrogen-bond donors (Lipinski definition) is 1. The van der Waals surface area contributed by atoms with Crippen molar-refractivity contribution in [3.05, 3.63) is 11.4 Å². The van der Waals surface area contributed by atoms with Crippen molar-refractivity contribution in [1.29, 1.82) is 0 Å². The highest BCUT2D eigenvalue weighted by atomic mass is 15.2. The van der Waals surface area contributed by atoms with Gasteiger partial charge in [0.2, 0.25) is 0 Å². The van der Waals surface area contributed by atoms with Crippen LogP contribution in [-0.4, -0.2) is 23.1 Å². The molecule has 0 radical (unpaired) electrons. The SMILES string of the molecule is CCCN(CC1CC1)c1nc(C)nc(N)c1C. The number of aromatic nitrogens is 2. The van der Waals surface area contributed by atoms with Crippen molar-refractivity contribution in [3.8, 4) is 0 Å². The van der Waals surface area contributed by atoms with E-state index < -0.39 is 0 Å². The second-order valence-corrected chi connectivity index (χ2v) is 4.99. The molecule has 1 aliphatic rings. The normalized spacial score (nSPS) is 15.0. The summed E-state index contributed by atoms with van der Waals surface area (Å²) in [7, 11) is 0. The van der Waals surface area contributed by atoms with E-state index in [1.54, 1.807) is 0 Å². The Balaban J connectivity index is 2.26. The van der Waals surface area contributed by atoms with Gasteiger partial charge < -0.3 is 10.6 Å². The van der Waals surface area contributed by atoms with E-state index in [0.717, 1.165) is 42.6 Å². The Morgan fingerprint density at radius 3 is 2.59 bits per heavy atom. The lowest BCUT2D eigenvalue weighted by molar-refractivity contribution is 0.694. The zero-order valence-electron chi connectivity index (χ0n) is 11.0. The van der Waals surface area contributed by atoms with E-state index in [1.165, 1.54) is 12.8 Å². The van der Waals surface area contributed by atoms with Gasteiger partial charge in [0.1, 0.15) is 17.5 Å². The summed E-state index contributed by atoms with van der Waals surface area (Å²) in [5, 5.41) is 0. The summed E-state index contributed by atoms with van der Waals surface area (Å²) in [6, 6.07) is 0. The minimum Gasteiger partial charge on any atom is -0.383 e. The molecule has 17 heavy (non-hydrogen) atoms. The average Bonchev–Trinajstić information content (AvgIpc) is 3.07. The van der Waals surface area contributed by atoms with Gasteiger partial charge in [-0.1, -0.05) is 6.92 Å². The summed E-state index contributed by atoms with van der Waals surface area (Å²) in [6.07, 6.45) is 3.85. The van der Waals surface area contributed by atoms with E-state index in [0.29, 0.717) is 5.82 Å². The molecule has 4 nitrogen and oxygen atoms in total. The standard InChI is InChI=1S/C13H22N4/c1-4-7-17(8-11-5-6-11)13-9(2)12(14)15-10(3)16-13/h11H,4-8H2,1-3H3,(H2,14,15,16). The van der Waals surface area contributed by atoms with Crippen LogP contribution in [0.5, 0.6) is 0 Å². The highest BCUT2D eigenvalue weighted by Gasteiger charge is 2.25. The lowest BCUT2D eigenvalue weighted by Crippen LogP contribution is -2.29. The van der Waals surface area contributed by atoms with Crippen LogP contribution in [-0.2, 0) is 0 Å². The minimum atomic E-state index is 0.615. The van der Waals surface area contributed by atoms with Gasteiger partial charge in [-0.15, -0.1) is 0 Å². The third-order valence-electron chi connectivity index (χ3n) is 3.24. The molecule has 94 valence electrons. The van der Waals surface area contributed by atoms with Gasteiger partial charge in [0.15, 0.2) is 0 Å². The number of nitrogens with two attached hydrogens (primary N) is 1. The molecule has 0 amide bonds. The third-order valence-corrected chi connectivity index (χ3v) is 3.24. The van der Waals surface area contributed by atoms with E-state index >= 15 is 0 Å². The molecule has 1 aromatic heterocycles. The zero-order valence-corrected chi connectivity index (χ0v) is 11.0. The molecule has 0 bridgehead atoms. The molecule has 0 saturated heterocycles. The number of nitrogen functional groups attached to an aromatic ring is 1. The van der Waals surface area contributed by atoms with Gasteiger partial charge in [0, 0.05) is 18.7 Å². The zero-order chi connectivity index (χ0) is 12.4. The number of hydrogen-bond acceptors (Lipinski definition) is 4. The van der Waals surface area contributed by atoms with Crippen LogP contribution in [0.25, 0.3) is 0 Å². The predicted molar refractivity (Wildman–Crippen MR) is 71.1 cm³/mol. The molecule has 0 spiro atoms. The molecule has 0 aliphatic heterocycles. The lowest BCUT2D eigenvalue weighted by Gasteiger charge is -2.25. The highest BCUT2D eigenvalue weighted by Crippen LogP contribution is 2.32. The molecule has 1 aliphatic carbocycles. The van der Waals surface area contributed by atoms with Crippen molar-refractivity contribution < 1.29 is 0 Å². The first-order valence-corrected chi connectivity index (χ1v) is 6.47. The highest BCUT2D eigenvalue weighted by molar-refractivity contribution is 5.56. The second kappa shape index (κ2) is 4.90. The van der Waals surface area contributed by atoms with Crippen LogP contribution < -0.4 is 10.6 Å². The number of nitrogens with zero attached hydrogens (tertiary/aromatic N) is 3. The van der Waals surface area contributed by atoms with E-state index in [-0.39, 0.29) is 0 Å². The monoisotopic (exact) mass is 234 g/mol. The Labute approximate surface area is 103 Å². The van der Waals surface area contributed by atoms with E-state index in [9.17, 15) is 0 Å². The van der Waals surface area contributed by atoms with Gasteiger partial charge in [0.25, 0.3) is 0 Å². The topological polar surface area (TPSA) is 55.0 Å². The van der Waals surface area contributed by atoms with Crippen LogP contribution >= 0.6 is 0 Å². The number of rotatable bonds is 5. The predicted octanol–water partition coefficient (Wildman–Crippen LogP) is 2.30. The van der Waals surface area contributed by atoms with Crippen LogP contribution in [0.3, 0.4) is 0 Å². The Hall–Kier alpha value is -1.32. The molecule has 1 saturated carbocycles. The van der Waals surface area contributed by atoms with Crippen molar-refractivity contribution >= 4 is 11.6 Å². The average molecular weight is 234 g/mol. The summed E-state index contributed by atoms with van der Waals surface area (Å²) in [4.78, 5) is 11.2. The molecule has 2 N–H and O–H groups in total. The number of anilines is 2. The third kappa shape index (κ3) is 2.87. The van der Waals surface area contributed by atoms with Gasteiger partial charge in [-0.2, -0.15) is 0 Å². The second-order valence-electron chi connectivity index (χ2n) is 4.99. The Morgan fingerprint density at radius 2 is 2.00 bits per heavy atom. The van der Waals surface area contributed by atoms with Crippen LogP contribution in [0.15, 0.2) is 0 Å². The molecule has 0 atom stereocenters. The van der Waals surface area contributed by atoms with Crippen molar-refractivity contribution in [2.75, 3.05) is 23.7 Å². The van der Waals surface area contributed by atoms with Crippen molar-refractivity contribution in [3.63, 3.8) is 0 Å². The first-order valence-electron chi connectivity index (χ1n) is 6.47. The molecule has 0 aromatic carbocycles. The first-order chi connectivity index (χ1) is 8.11. The van der Waals surface area contributed by atoms with Crippen LogP contribution in [0, 0.1) is 19.8 Å². The maximum atomic E-state index is 5.92. The summed E-state index contributed by atoms with van der Waals surface area (Å²) in [5.41, 5.74) is 6.94. The van der Waals surface area contributed by atoms with Gasteiger partial charge in [-0.25, -0.2) is 9.97 Å². The van der Waals surface area contributed by atoms with Gasteiger partial charge in [0.05, 0.1) is 0 Å². The molecule has 0 unspecified atom stereocenters.